The van der Waals surface area contributed by atoms with Gasteiger partial charge >= 0.3 is 6.03 Å². The topological polar surface area (TPSA) is 74.5 Å². The number of urea groups is 1. The number of aromatic nitrogens is 2. The molecule has 2 heterocycles. The number of nitrogens with zero attached hydrogens (tertiary/aromatic N) is 4. The Bertz CT molecular complexity index is 963. The molecule has 3 aromatic rings. The van der Waals surface area contributed by atoms with Crippen LogP contribution in [0.5, 0.6) is 0 Å². The fourth-order valence-electron chi connectivity index (χ4n) is 3.18. The number of anilines is 1. The molecule has 1 N–H and O–H groups in total. The highest BCUT2D eigenvalue weighted by atomic mass is 35.5. The first kappa shape index (κ1) is 19.4. The smallest absolute Gasteiger partial charge is 0.321 e. The summed E-state index contributed by atoms with van der Waals surface area (Å²) >= 11 is 5.88. The molecule has 0 radical (unpaired) electrons. The highest BCUT2D eigenvalue weighted by Gasteiger charge is 2.22. The molecule has 8 heteroatoms. The lowest BCUT2D eigenvalue weighted by Crippen LogP contribution is -2.49. The Kier molecular flexibility index (Phi) is 5.78. The minimum atomic E-state index is -0.104. The number of amides is 2. The van der Waals surface area contributed by atoms with Gasteiger partial charge in [0.15, 0.2) is 5.82 Å². The molecule has 0 aliphatic carbocycles. The third-order valence-corrected chi connectivity index (χ3v) is 5.14. The van der Waals surface area contributed by atoms with Crippen molar-refractivity contribution in [1.82, 2.24) is 19.9 Å². The minimum Gasteiger partial charge on any atom is -0.334 e. The maximum atomic E-state index is 12.4. The van der Waals surface area contributed by atoms with Gasteiger partial charge in [0.05, 0.1) is 6.54 Å². The normalized spacial score (nSPS) is 14.8. The fraction of sp³-hybridized carbons (Fsp3) is 0.286. The molecule has 1 fully saturated rings. The van der Waals surface area contributed by atoms with E-state index in [0.29, 0.717) is 36.4 Å². The Morgan fingerprint density at radius 3 is 2.45 bits per heavy atom. The van der Waals surface area contributed by atoms with Crippen LogP contribution in [-0.2, 0) is 6.54 Å². The summed E-state index contributed by atoms with van der Waals surface area (Å²) in [5, 5.41) is 7.64. The zero-order valence-corrected chi connectivity index (χ0v) is 16.9. The third kappa shape index (κ3) is 4.93. The summed E-state index contributed by atoms with van der Waals surface area (Å²) in [5.41, 5.74) is 2.83. The Labute approximate surface area is 174 Å². The van der Waals surface area contributed by atoms with Gasteiger partial charge in [0.2, 0.25) is 0 Å². The van der Waals surface area contributed by atoms with E-state index in [1.54, 1.807) is 29.2 Å². The highest BCUT2D eigenvalue weighted by molar-refractivity contribution is 6.30. The summed E-state index contributed by atoms with van der Waals surface area (Å²) in [4.78, 5) is 20.9. The summed E-state index contributed by atoms with van der Waals surface area (Å²) in [5.74, 6) is 1.18. The molecule has 150 valence electrons. The molecule has 0 atom stereocenters. The number of hydrogen-bond acceptors (Lipinski definition) is 5. The standard InChI is InChI=1S/C21H22ClN5O2/c1-15-2-4-16(5-3-15)20-24-19(25-29-20)14-26-10-12-27(13-11-26)21(28)23-18-8-6-17(22)7-9-18/h2-9H,10-14H2,1H3,(H,23,28). The molecular formula is C21H22ClN5O2. The van der Waals surface area contributed by atoms with Crippen molar-refractivity contribution in [3.05, 3.63) is 64.9 Å². The van der Waals surface area contributed by atoms with Gasteiger partial charge in [-0.2, -0.15) is 4.98 Å². The molecule has 0 unspecified atom stereocenters. The maximum Gasteiger partial charge on any atom is 0.321 e. The molecule has 4 rings (SSSR count). The molecule has 0 bridgehead atoms. The van der Waals surface area contributed by atoms with Crippen molar-refractivity contribution in [3.63, 3.8) is 0 Å². The third-order valence-electron chi connectivity index (χ3n) is 4.89. The zero-order chi connectivity index (χ0) is 20.2. The van der Waals surface area contributed by atoms with Crippen molar-refractivity contribution in [2.75, 3.05) is 31.5 Å². The minimum absolute atomic E-state index is 0.104. The van der Waals surface area contributed by atoms with Crippen molar-refractivity contribution in [2.45, 2.75) is 13.5 Å². The zero-order valence-electron chi connectivity index (χ0n) is 16.1. The predicted octanol–water partition coefficient (Wildman–Crippen LogP) is 4.05. The molecule has 0 spiro atoms. The Balaban J connectivity index is 1.28. The van der Waals surface area contributed by atoms with Crippen molar-refractivity contribution in [2.24, 2.45) is 0 Å². The second kappa shape index (κ2) is 8.63. The lowest BCUT2D eigenvalue weighted by Gasteiger charge is -2.34. The van der Waals surface area contributed by atoms with Gasteiger partial charge in [0, 0.05) is 42.5 Å². The second-order valence-corrected chi connectivity index (χ2v) is 7.52. The van der Waals surface area contributed by atoms with Gasteiger partial charge in [-0.25, -0.2) is 4.79 Å². The number of halogens is 1. The number of piperazine rings is 1. The molecule has 1 aromatic heterocycles. The van der Waals surface area contributed by atoms with Crippen LogP contribution in [0.4, 0.5) is 10.5 Å². The first-order chi connectivity index (χ1) is 14.1. The van der Waals surface area contributed by atoms with Crippen LogP contribution in [0.2, 0.25) is 5.02 Å². The average Bonchev–Trinajstić information content (AvgIpc) is 3.19. The summed E-state index contributed by atoms with van der Waals surface area (Å²) in [6.45, 7) is 5.43. The van der Waals surface area contributed by atoms with Crippen molar-refractivity contribution >= 4 is 23.3 Å². The first-order valence-electron chi connectivity index (χ1n) is 9.50. The van der Waals surface area contributed by atoms with Crippen LogP contribution in [0.1, 0.15) is 11.4 Å². The van der Waals surface area contributed by atoms with E-state index in [0.717, 1.165) is 24.3 Å². The number of aryl methyl sites for hydroxylation is 1. The number of nitrogens with one attached hydrogen (secondary N) is 1. The van der Waals surface area contributed by atoms with E-state index < -0.39 is 0 Å². The Morgan fingerprint density at radius 1 is 1.07 bits per heavy atom. The number of rotatable bonds is 4. The average molecular weight is 412 g/mol. The molecule has 0 saturated carbocycles. The van der Waals surface area contributed by atoms with Gasteiger partial charge in [0.1, 0.15) is 0 Å². The van der Waals surface area contributed by atoms with Crippen molar-refractivity contribution in [3.8, 4) is 11.5 Å². The molecule has 29 heavy (non-hydrogen) atoms. The summed E-state index contributed by atoms with van der Waals surface area (Å²) in [7, 11) is 0. The predicted molar refractivity (Wildman–Crippen MR) is 112 cm³/mol. The lowest BCUT2D eigenvalue weighted by molar-refractivity contribution is 0.140. The summed E-state index contributed by atoms with van der Waals surface area (Å²) in [6, 6.07) is 15.0. The van der Waals surface area contributed by atoms with E-state index in [2.05, 4.69) is 20.4 Å². The highest BCUT2D eigenvalue weighted by Crippen LogP contribution is 2.19. The van der Waals surface area contributed by atoms with E-state index in [1.165, 1.54) is 5.56 Å². The van der Waals surface area contributed by atoms with Crippen molar-refractivity contribution < 1.29 is 9.32 Å². The summed E-state index contributed by atoms with van der Waals surface area (Å²) in [6.07, 6.45) is 0. The monoisotopic (exact) mass is 411 g/mol. The molecular weight excluding hydrogens is 390 g/mol. The second-order valence-electron chi connectivity index (χ2n) is 7.08. The molecule has 1 saturated heterocycles. The van der Waals surface area contributed by atoms with Crippen molar-refractivity contribution in [1.29, 1.82) is 0 Å². The van der Waals surface area contributed by atoms with E-state index in [9.17, 15) is 4.79 Å². The van der Waals surface area contributed by atoms with E-state index >= 15 is 0 Å². The fourth-order valence-corrected chi connectivity index (χ4v) is 3.30. The molecule has 1 aliphatic rings. The number of carbonyl (C=O) groups excluding carboxylic acids is 1. The van der Waals surface area contributed by atoms with E-state index in [1.807, 2.05) is 31.2 Å². The molecule has 7 nitrogen and oxygen atoms in total. The molecule has 1 aliphatic heterocycles. The Morgan fingerprint density at radius 2 is 1.76 bits per heavy atom. The number of benzene rings is 2. The van der Waals surface area contributed by atoms with Crippen LogP contribution in [0.25, 0.3) is 11.5 Å². The van der Waals surface area contributed by atoms with Crippen LogP contribution >= 0.6 is 11.6 Å². The Hall–Kier alpha value is -2.90. The first-order valence-corrected chi connectivity index (χ1v) is 9.88. The van der Waals surface area contributed by atoms with Gasteiger partial charge < -0.3 is 14.7 Å². The summed E-state index contributed by atoms with van der Waals surface area (Å²) < 4.78 is 5.39. The molecule has 2 aromatic carbocycles. The van der Waals surface area contributed by atoms with Crippen LogP contribution in [0.3, 0.4) is 0 Å². The van der Waals surface area contributed by atoms with Crippen LogP contribution in [-0.4, -0.2) is 52.2 Å². The van der Waals surface area contributed by atoms with E-state index in [4.69, 9.17) is 16.1 Å². The SMILES string of the molecule is Cc1ccc(-c2nc(CN3CCN(C(=O)Nc4ccc(Cl)cc4)CC3)no2)cc1. The quantitative estimate of drug-likeness (QED) is 0.701. The number of hydrogen-bond donors (Lipinski definition) is 1. The van der Waals surface area contributed by atoms with Gasteiger partial charge in [-0.3, -0.25) is 4.90 Å². The number of carbonyl (C=O) groups is 1. The lowest BCUT2D eigenvalue weighted by atomic mass is 10.1. The van der Waals surface area contributed by atoms with Crippen LogP contribution in [0.15, 0.2) is 53.1 Å². The maximum absolute atomic E-state index is 12.4. The van der Waals surface area contributed by atoms with E-state index in [-0.39, 0.29) is 6.03 Å². The molecule has 2 amide bonds. The van der Waals surface area contributed by atoms with Crippen LogP contribution < -0.4 is 5.32 Å². The van der Waals surface area contributed by atoms with Gasteiger partial charge in [-0.15, -0.1) is 0 Å². The van der Waals surface area contributed by atoms with Gasteiger partial charge in [-0.05, 0) is 43.3 Å². The largest absolute Gasteiger partial charge is 0.334 e. The van der Waals surface area contributed by atoms with Crippen LogP contribution in [0, 0.1) is 6.92 Å². The van der Waals surface area contributed by atoms with Gasteiger partial charge in [0.25, 0.3) is 5.89 Å². The van der Waals surface area contributed by atoms with Gasteiger partial charge in [-0.1, -0.05) is 34.5 Å².